The standard InChI is InChI=1S/C19H30O/c1-14-7-8-16(9-15(14)2)10-19(20)12-17(3,4)11-18(5,6)13-19/h7-9,20H,10-13H2,1-6H3. The van der Waals surface area contributed by atoms with Gasteiger partial charge >= 0.3 is 0 Å². The molecule has 1 nitrogen and oxygen atoms in total. The summed E-state index contributed by atoms with van der Waals surface area (Å²) in [5.74, 6) is 0. The van der Waals surface area contributed by atoms with Gasteiger partial charge in [0, 0.05) is 6.42 Å². The van der Waals surface area contributed by atoms with E-state index < -0.39 is 5.60 Å². The maximum atomic E-state index is 11.2. The van der Waals surface area contributed by atoms with E-state index in [1.807, 2.05) is 0 Å². The monoisotopic (exact) mass is 274 g/mol. The molecule has 0 aromatic heterocycles. The molecule has 0 aliphatic heterocycles. The molecule has 1 N–H and O–H groups in total. The molecule has 0 spiro atoms. The fraction of sp³-hybridized carbons (Fsp3) is 0.684. The summed E-state index contributed by atoms with van der Waals surface area (Å²) >= 11 is 0. The molecule has 0 atom stereocenters. The molecule has 0 saturated heterocycles. The molecule has 0 unspecified atom stereocenters. The molecule has 2 rings (SSSR count). The summed E-state index contributed by atoms with van der Waals surface area (Å²) in [7, 11) is 0. The smallest absolute Gasteiger partial charge is 0.0698 e. The Bertz CT molecular complexity index is 480. The highest BCUT2D eigenvalue weighted by Crippen LogP contribution is 2.51. The maximum absolute atomic E-state index is 11.2. The fourth-order valence-corrected chi connectivity index (χ4v) is 4.68. The second kappa shape index (κ2) is 4.87. The largest absolute Gasteiger partial charge is 0.390 e. The molecule has 1 heteroatoms. The van der Waals surface area contributed by atoms with E-state index in [0.717, 1.165) is 19.3 Å². The van der Waals surface area contributed by atoms with E-state index in [0.29, 0.717) is 0 Å². The van der Waals surface area contributed by atoms with Gasteiger partial charge in [0.1, 0.15) is 0 Å². The zero-order valence-corrected chi connectivity index (χ0v) is 14.0. The second-order valence-electron chi connectivity index (χ2n) is 8.68. The Hall–Kier alpha value is -0.820. The minimum absolute atomic E-state index is 0.218. The molecule has 0 radical (unpaired) electrons. The minimum Gasteiger partial charge on any atom is -0.390 e. The van der Waals surface area contributed by atoms with E-state index >= 15 is 0 Å². The van der Waals surface area contributed by atoms with Crippen molar-refractivity contribution < 1.29 is 5.11 Å². The van der Waals surface area contributed by atoms with Crippen LogP contribution in [0.4, 0.5) is 0 Å². The average molecular weight is 274 g/mol. The highest BCUT2D eigenvalue weighted by Gasteiger charge is 2.46. The number of aryl methyl sites for hydroxylation is 2. The third-order valence-electron chi connectivity index (χ3n) is 4.68. The summed E-state index contributed by atoms with van der Waals surface area (Å²) < 4.78 is 0. The average Bonchev–Trinajstić information content (AvgIpc) is 2.17. The molecule has 1 fully saturated rings. The Balaban J connectivity index is 2.23. The van der Waals surface area contributed by atoms with Gasteiger partial charge in [-0.1, -0.05) is 45.9 Å². The van der Waals surface area contributed by atoms with E-state index in [2.05, 4.69) is 59.7 Å². The quantitative estimate of drug-likeness (QED) is 0.820. The summed E-state index contributed by atoms with van der Waals surface area (Å²) in [6.45, 7) is 13.5. The molecule has 1 aromatic carbocycles. The summed E-state index contributed by atoms with van der Waals surface area (Å²) in [4.78, 5) is 0. The highest BCUT2D eigenvalue weighted by molar-refractivity contribution is 5.31. The van der Waals surface area contributed by atoms with Crippen molar-refractivity contribution in [2.24, 2.45) is 10.8 Å². The van der Waals surface area contributed by atoms with Crippen LogP contribution in [0.1, 0.15) is 63.6 Å². The van der Waals surface area contributed by atoms with Crippen LogP contribution in [0.2, 0.25) is 0 Å². The Morgan fingerprint density at radius 3 is 1.95 bits per heavy atom. The number of aliphatic hydroxyl groups is 1. The first kappa shape index (κ1) is 15.6. The summed E-state index contributed by atoms with van der Waals surface area (Å²) in [5, 5.41) is 11.2. The molecule has 1 aliphatic rings. The lowest BCUT2D eigenvalue weighted by molar-refractivity contribution is -0.0850. The van der Waals surface area contributed by atoms with Crippen molar-refractivity contribution in [3.63, 3.8) is 0 Å². The molecule has 0 bridgehead atoms. The van der Waals surface area contributed by atoms with Crippen LogP contribution < -0.4 is 0 Å². The van der Waals surface area contributed by atoms with Gasteiger partial charge in [-0.15, -0.1) is 0 Å². The maximum Gasteiger partial charge on any atom is 0.0698 e. The Kier molecular flexibility index (Phi) is 3.79. The van der Waals surface area contributed by atoms with Gasteiger partial charge < -0.3 is 5.11 Å². The molecule has 112 valence electrons. The zero-order chi connectivity index (χ0) is 15.2. The van der Waals surface area contributed by atoms with Gasteiger partial charge in [-0.25, -0.2) is 0 Å². The number of rotatable bonds is 2. The van der Waals surface area contributed by atoms with Crippen LogP contribution in [0.25, 0.3) is 0 Å². The van der Waals surface area contributed by atoms with E-state index in [1.54, 1.807) is 0 Å². The first-order chi connectivity index (χ1) is 9.00. The van der Waals surface area contributed by atoms with Crippen LogP contribution in [-0.2, 0) is 6.42 Å². The van der Waals surface area contributed by atoms with Crippen LogP contribution in [-0.4, -0.2) is 10.7 Å². The third kappa shape index (κ3) is 3.63. The van der Waals surface area contributed by atoms with Crippen molar-refractivity contribution in [1.29, 1.82) is 0 Å². The molecule has 0 amide bonds. The van der Waals surface area contributed by atoms with Gasteiger partial charge in [0.05, 0.1) is 5.60 Å². The van der Waals surface area contributed by atoms with Crippen LogP contribution in [0.3, 0.4) is 0 Å². The SMILES string of the molecule is Cc1ccc(CC2(O)CC(C)(C)CC(C)(C)C2)cc1C. The molecule has 1 aliphatic carbocycles. The summed E-state index contributed by atoms with van der Waals surface area (Å²) in [6, 6.07) is 6.59. The van der Waals surface area contributed by atoms with Crippen LogP contribution in [0.15, 0.2) is 18.2 Å². The van der Waals surface area contributed by atoms with Gasteiger partial charge in [-0.05, 0) is 60.6 Å². The van der Waals surface area contributed by atoms with Gasteiger partial charge in [0.2, 0.25) is 0 Å². The highest BCUT2D eigenvalue weighted by atomic mass is 16.3. The van der Waals surface area contributed by atoms with E-state index in [-0.39, 0.29) is 10.8 Å². The molecule has 1 aromatic rings. The van der Waals surface area contributed by atoms with E-state index in [4.69, 9.17) is 0 Å². The first-order valence-electron chi connectivity index (χ1n) is 7.79. The molecule has 0 heterocycles. The number of benzene rings is 1. The van der Waals surface area contributed by atoms with Crippen LogP contribution in [0.5, 0.6) is 0 Å². The fourth-order valence-electron chi connectivity index (χ4n) is 4.68. The third-order valence-corrected chi connectivity index (χ3v) is 4.68. The van der Waals surface area contributed by atoms with E-state index in [9.17, 15) is 5.11 Å². The zero-order valence-electron chi connectivity index (χ0n) is 14.0. The predicted octanol–water partition coefficient (Wildman–Crippen LogP) is 4.81. The second-order valence-corrected chi connectivity index (χ2v) is 8.68. The van der Waals surface area contributed by atoms with Gasteiger partial charge in [0.25, 0.3) is 0 Å². The van der Waals surface area contributed by atoms with Crippen molar-refractivity contribution >= 4 is 0 Å². The van der Waals surface area contributed by atoms with Gasteiger partial charge in [0.15, 0.2) is 0 Å². The Morgan fingerprint density at radius 1 is 0.900 bits per heavy atom. The van der Waals surface area contributed by atoms with Gasteiger partial charge in [-0.2, -0.15) is 0 Å². The van der Waals surface area contributed by atoms with Crippen molar-refractivity contribution in [2.75, 3.05) is 0 Å². The molecule has 1 saturated carbocycles. The lowest BCUT2D eigenvalue weighted by atomic mass is 9.58. The van der Waals surface area contributed by atoms with Gasteiger partial charge in [-0.3, -0.25) is 0 Å². The van der Waals surface area contributed by atoms with Crippen LogP contribution in [0, 0.1) is 24.7 Å². The molecule has 20 heavy (non-hydrogen) atoms. The normalized spacial score (nSPS) is 23.6. The Morgan fingerprint density at radius 2 is 1.45 bits per heavy atom. The predicted molar refractivity (Wildman–Crippen MR) is 86.0 cm³/mol. The van der Waals surface area contributed by atoms with Crippen LogP contribution >= 0.6 is 0 Å². The number of hydrogen-bond acceptors (Lipinski definition) is 1. The molecular formula is C19H30O. The van der Waals surface area contributed by atoms with Crippen molar-refractivity contribution in [3.8, 4) is 0 Å². The van der Waals surface area contributed by atoms with Crippen molar-refractivity contribution in [1.82, 2.24) is 0 Å². The summed E-state index contributed by atoms with van der Waals surface area (Å²) in [5.41, 5.74) is 3.79. The topological polar surface area (TPSA) is 20.2 Å². The minimum atomic E-state index is -0.563. The summed E-state index contributed by atoms with van der Waals surface area (Å²) in [6.07, 6.45) is 3.77. The first-order valence-corrected chi connectivity index (χ1v) is 7.79. The van der Waals surface area contributed by atoms with E-state index in [1.165, 1.54) is 23.1 Å². The Labute approximate surface area is 124 Å². The number of hydrogen-bond donors (Lipinski definition) is 1. The van der Waals surface area contributed by atoms with Crippen molar-refractivity contribution in [3.05, 3.63) is 34.9 Å². The molecular weight excluding hydrogens is 244 g/mol. The lowest BCUT2D eigenvalue weighted by Crippen LogP contribution is -2.47. The lowest BCUT2D eigenvalue weighted by Gasteiger charge is -2.49. The van der Waals surface area contributed by atoms with Crippen molar-refractivity contribution in [2.45, 2.75) is 72.8 Å².